The zero-order chi connectivity index (χ0) is 22.6. The maximum Gasteiger partial charge on any atom is 0.229 e. The molecule has 0 saturated carbocycles. The average Bonchev–Trinajstić information content (AvgIpc) is 2.71. The molecule has 3 rings (SSSR count). The Bertz CT molecular complexity index is 1090. The number of nitrogens with one attached hydrogen (secondary N) is 2. The molecule has 9 heteroatoms. The Kier molecular flexibility index (Phi) is 6.89. The first-order valence-electron chi connectivity index (χ1n) is 9.35. The smallest absolute Gasteiger partial charge is 0.229 e. The first-order chi connectivity index (χ1) is 14.6. The largest absolute Gasteiger partial charge is 0.506 e. The number of halogens is 2. The van der Waals surface area contributed by atoms with Gasteiger partial charge in [-0.1, -0.05) is 30.3 Å². The van der Waals surface area contributed by atoms with Crippen molar-refractivity contribution in [3.63, 3.8) is 0 Å². The van der Waals surface area contributed by atoms with E-state index in [9.17, 15) is 27.4 Å². The molecular formula is C22H22F2N2O4S. The van der Waals surface area contributed by atoms with Gasteiger partial charge in [0.2, 0.25) is 10.0 Å². The van der Waals surface area contributed by atoms with Crippen LogP contribution < -0.4 is 10.0 Å². The van der Waals surface area contributed by atoms with Gasteiger partial charge in [-0.25, -0.2) is 17.2 Å². The lowest BCUT2D eigenvalue weighted by Gasteiger charge is -2.22. The van der Waals surface area contributed by atoms with Crippen LogP contribution in [0.5, 0.6) is 5.75 Å². The summed E-state index contributed by atoms with van der Waals surface area (Å²) < 4.78 is 51.8. The highest BCUT2D eigenvalue weighted by atomic mass is 32.2. The van der Waals surface area contributed by atoms with E-state index < -0.39 is 33.8 Å². The molecule has 0 heterocycles. The average molecular weight is 448 g/mol. The third-order valence-corrected chi connectivity index (χ3v) is 5.21. The minimum absolute atomic E-state index is 0.0442. The molecule has 0 fully saturated rings. The zero-order valence-corrected chi connectivity index (χ0v) is 17.4. The van der Waals surface area contributed by atoms with Gasteiger partial charge in [0.1, 0.15) is 17.4 Å². The summed E-state index contributed by atoms with van der Waals surface area (Å²) in [4.78, 5) is 0. The van der Waals surface area contributed by atoms with Gasteiger partial charge in [-0.2, -0.15) is 0 Å². The van der Waals surface area contributed by atoms with E-state index >= 15 is 0 Å². The highest BCUT2D eigenvalue weighted by molar-refractivity contribution is 7.92. The number of rotatable bonds is 8. The van der Waals surface area contributed by atoms with Crippen molar-refractivity contribution < 1.29 is 27.4 Å². The maximum atomic E-state index is 13.3. The molecule has 164 valence electrons. The van der Waals surface area contributed by atoms with Gasteiger partial charge < -0.3 is 15.5 Å². The SMILES string of the molecule is CS(=O)(=O)Nc1cc(C(O)CNC(c2ccc(F)cc2)c2ccc(F)cc2)ccc1O. The number of hydrogen-bond acceptors (Lipinski definition) is 5. The molecule has 0 aromatic heterocycles. The molecular weight excluding hydrogens is 426 g/mol. The minimum Gasteiger partial charge on any atom is -0.506 e. The molecule has 1 unspecified atom stereocenters. The summed E-state index contributed by atoms with van der Waals surface area (Å²) in [6.07, 6.45) is -0.100. The zero-order valence-electron chi connectivity index (χ0n) is 16.6. The molecule has 0 radical (unpaired) electrons. The Labute approximate surface area is 179 Å². The number of aliphatic hydroxyl groups is 1. The number of aromatic hydroxyl groups is 1. The van der Waals surface area contributed by atoms with Crippen LogP contribution in [-0.2, 0) is 10.0 Å². The Morgan fingerprint density at radius 1 is 0.871 bits per heavy atom. The second-order valence-electron chi connectivity index (χ2n) is 7.11. The molecule has 0 spiro atoms. The third kappa shape index (κ3) is 6.24. The second kappa shape index (κ2) is 9.42. The van der Waals surface area contributed by atoms with Crippen LogP contribution in [0.25, 0.3) is 0 Å². The van der Waals surface area contributed by atoms with Crippen molar-refractivity contribution >= 4 is 15.7 Å². The number of phenols is 1. The van der Waals surface area contributed by atoms with Crippen LogP contribution in [0.2, 0.25) is 0 Å². The summed E-state index contributed by atoms with van der Waals surface area (Å²) in [5, 5.41) is 23.7. The fraction of sp³-hybridized carbons (Fsp3) is 0.182. The van der Waals surface area contributed by atoms with E-state index in [1.165, 1.54) is 42.5 Å². The topological polar surface area (TPSA) is 98.7 Å². The molecule has 3 aromatic rings. The van der Waals surface area contributed by atoms with E-state index in [1.54, 1.807) is 24.3 Å². The van der Waals surface area contributed by atoms with Crippen molar-refractivity contribution in [2.75, 3.05) is 17.5 Å². The van der Waals surface area contributed by atoms with Crippen molar-refractivity contribution in [3.8, 4) is 5.75 Å². The van der Waals surface area contributed by atoms with Crippen molar-refractivity contribution in [3.05, 3.63) is 95.1 Å². The summed E-state index contributed by atoms with van der Waals surface area (Å²) in [6, 6.07) is 15.3. The lowest BCUT2D eigenvalue weighted by atomic mass is 9.98. The van der Waals surface area contributed by atoms with Gasteiger partial charge in [-0.15, -0.1) is 0 Å². The quantitative estimate of drug-likeness (QED) is 0.396. The van der Waals surface area contributed by atoms with Crippen molar-refractivity contribution in [2.24, 2.45) is 0 Å². The van der Waals surface area contributed by atoms with Crippen LogP contribution >= 0.6 is 0 Å². The first kappa shape index (κ1) is 22.7. The van der Waals surface area contributed by atoms with E-state index in [1.807, 2.05) is 0 Å². The van der Waals surface area contributed by atoms with Gasteiger partial charge in [-0.3, -0.25) is 4.72 Å². The molecule has 6 nitrogen and oxygen atoms in total. The molecule has 0 saturated heterocycles. The Balaban J connectivity index is 1.82. The van der Waals surface area contributed by atoms with E-state index in [4.69, 9.17) is 0 Å². The first-order valence-corrected chi connectivity index (χ1v) is 11.2. The molecule has 3 aromatic carbocycles. The van der Waals surface area contributed by atoms with Crippen LogP contribution in [-0.4, -0.2) is 31.4 Å². The fourth-order valence-corrected chi connectivity index (χ4v) is 3.69. The molecule has 0 bridgehead atoms. The van der Waals surface area contributed by atoms with Gasteiger partial charge in [-0.05, 0) is 53.1 Å². The van der Waals surface area contributed by atoms with Crippen LogP contribution in [0.15, 0.2) is 66.7 Å². The lowest BCUT2D eigenvalue weighted by Crippen LogP contribution is -2.27. The number of sulfonamides is 1. The minimum atomic E-state index is -3.62. The molecule has 0 amide bonds. The fourth-order valence-electron chi connectivity index (χ4n) is 3.13. The van der Waals surface area contributed by atoms with Gasteiger partial charge in [0.25, 0.3) is 0 Å². The number of aliphatic hydroxyl groups excluding tert-OH is 1. The molecule has 4 N–H and O–H groups in total. The van der Waals surface area contributed by atoms with Gasteiger partial charge in [0, 0.05) is 6.54 Å². The van der Waals surface area contributed by atoms with Crippen molar-refractivity contribution in [1.29, 1.82) is 0 Å². The van der Waals surface area contributed by atoms with Crippen LogP contribution in [0, 0.1) is 11.6 Å². The Hall–Kier alpha value is -3.01. The Morgan fingerprint density at radius 3 is 1.84 bits per heavy atom. The van der Waals surface area contributed by atoms with E-state index in [2.05, 4.69) is 10.0 Å². The monoisotopic (exact) mass is 448 g/mol. The van der Waals surface area contributed by atoms with Crippen molar-refractivity contribution in [2.45, 2.75) is 12.1 Å². The normalized spacial score (nSPS) is 12.7. The predicted octanol–water partition coefficient (Wildman–Crippen LogP) is 3.45. The van der Waals surface area contributed by atoms with E-state index in [0.29, 0.717) is 16.7 Å². The van der Waals surface area contributed by atoms with Gasteiger partial charge in [0.05, 0.1) is 24.1 Å². The third-order valence-electron chi connectivity index (χ3n) is 4.62. The highest BCUT2D eigenvalue weighted by Gasteiger charge is 2.18. The van der Waals surface area contributed by atoms with Gasteiger partial charge >= 0.3 is 0 Å². The number of benzene rings is 3. The number of phenolic OH excluding ortho intramolecular Hbond substituents is 1. The van der Waals surface area contributed by atoms with E-state index in [-0.39, 0.29) is 18.0 Å². The number of hydrogen-bond donors (Lipinski definition) is 4. The molecule has 31 heavy (non-hydrogen) atoms. The highest BCUT2D eigenvalue weighted by Crippen LogP contribution is 2.29. The molecule has 0 aliphatic carbocycles. The summed E-state index contributed by atoms with van der Waals surface area (Å²) in [5.74, 6) is -1.06. The summed E-state index contributed by atoms with van der Waals surface area (Å²) in [6.45, 7) is 0.0442. The van der Waals surface area contributed by atoms with Crippen LogP contribution in [0.1, 0.15) is 28.8 Å². The van der Waals surface area contributed by atoms with Crippen molar-refractivity contribution in [1.82, 2.24) is 5.32 Å². The second-order valence-corrected chi connectivity index (χ2v) is 8.86. The summed E-state index contributed by atoms with van der Waals surface area (Å²) in [7, 11) is -3.62. The molecule has 0 aliphatic heterocycles. The summed E-state index contributed by atoms with van der Waals surface area (Å²) in [5.41, 5.74) is 1.75. The Morgan fingerprint density at radius 2 is 1.35 bits per heavy atom. The van der Waals surface area contributed by atoms with Crippen LogP contribution in [0.3, 0.4) is 0 Å². The van der Waals surface area contributed by atoms with Gasteiger partial charge in [0.15, 0.2) is 0 Å². The standard InChI is InChI=1S/C22H22F2N2O4S/c1-31(29,30)26-19-12-16(6-11-20(19)27)21(28)13-25-22(14-2-7-17(23)8-3-14)15-4-9-18(24)10-5-15/h2-12,21-22,25-28H,13H2,1H3. The molecule has 0 aliphatic rings. The summed E-state index contributed by atoms with van der Waals surface area (Å²) >= 11 is 0. The lowest BCUT2D eigenvalue weighted by molar-refractivity contribution is 0.172. The van der Waals surface area contributed by atoms with Crippen LogP contribution in [0.4, 0.5) is 14.5 Å². The number of anilines is 1. The maximum absolute atomic E-state index is 13.3. The molecule has 1 atom stereocenters. The van der Waals surface area contributed by atoms with E-state index in [0.717, 1.165) is 6.26 Å². The predicted molar refractivity (Wildman–Crippen MR) is 114 cm³/mol.